The maximum absolute atomic E-state index is 8.85. The van der Waals surface area contributed by atoms with Gasteiger partial charge in [0.05, 0.1) is 5.02 Å². The third-order valence-electron chi connectivity index (χ3n) is 1.11. The van der Waals surface area contributed by atoms with Crippen LogP contribution in [0, 0.1) is 0 Å². The molecule has 7 heteroatoms. The Morgan fingerprint density at radius 3 is 2.54 bits per heavy atom. The maximum atomic E-state index is 8.85. The molecule has 1 aromatic carbocycles. The molecule has 1 aromatic rings. The first-order valence-electron chi connectivity index (χ1n) is 3.09. The SMILES string of the molecule is OP(O)(=S)Oc1ccc(Br)cc1Cl. The zero-order valence-electron chi connectivity index (χ0n) is 6.15. The van der Waals surface area contributed by atoms with Crippen LogP contribution in [0.1, 0.15) is 0 Å². The molecule has 0 saturated carbocycles. The van der Waals surface area contributed by atoms with E-state index < -0.39 is 6.72 Å². The Bertz CT molecular complexity index is 367. The highest BCUT2D eigenvalue weighted by atomic mass is 79.9. The third kappa shape index (κ3) is 3.94. The quantitative estimate of drug-likeness (QED) is 0.825. The van der Waals surface area contributed by atoms with Gasteiger partial charge in [-0.15, -0.1) is 0 Å². The molecule has 0 radical (unpaired) electrons. The first-order chi connectivity index (χ1) is 5.88. The van der Waals surface area contributed by atoms with Crippen molar-refractivity contribution in [1.29, 1.82) is 0 Å². The summed E-state index contributed by atoms with van der Waals surface area (Å²) in [6.45, 7) is -3.70. The van der Waals surface area contributed by atoms with Gasteiger partial charge >= 0.3 is 6.72 Å². The summed E-state index contributed by atoms with van der Waals surface area (Å²) >= 11 is 13.2. The van der Waals surface area contributed by atoms with E-state index in [-0.39, 0.29) is 10.8 Å². The minimum atomic E-state index is -3.70. The van der Waals surface area contributed by atoms with Crippen LogP contribution in [0.3, 0.4) is 0 Å². The largest absolute Gasteiger partial charge is 0.423 e. The van der Waals surface area contributed by atoms with E-state index in [1.54, 1.807) is 12.1 Å². The Kier molecular flexibility index (Phi) is 3.74. The zero-order valence-corrected chi connectivity index (χ0v) is 10.2. The fraction of sp³-hybridized carbons (Fsp3) is 0. The normalized spacial score (nSPS) is 11.4. The van der Waals surface area contributed by atoms with E-state index in [0.29, 0.717) is 0 Å². The van der Waals surface area contributed by atoms with Crippen molar-refractivity contribution >= 4 is 46.1 Å². The first-order valence-corrected chi connectivity index (χ1v) is 6.88. The summed E-state index contributed by atoms with van der Waals surface area (Å²) in [6, 6.07) is 4.73. The van der Waals surface area contributed by atoms with Gasteiger partial charge in [0.25, 0.3) is 0 Å². The lowest BCUT2D eigenvalue weighted by Gasteiger charge is -2.10. The Morgan fingerprint density at radius 2 is 2.08 bits per heavy atom. The van der Waals surface area contributed by atoms with Crippen molar-refractivity contribution in [2.45, 2.75) is 0 Å². The molecule has 0 unspecified atom stereocenters. The Morgan fingerprint density at radius 1 is 1.46 bits per heavy atom. The molecule has 0 aliphatic carbocycles. The van der Waals surface area contributed by atoms with E-state index in [2.05, 4.69) is 32.3 Å². The van der Waals surface area contributed by atoms with E-state index >= 15 is 0 Å². The summed E-state index contributed by atoms with van der Waals surface area (Å²) in [4.78, 5) is 17.7. The highest BCUT2D eigenvalue weighted by molar-refractivity contribution is 9.10. The van der Waals surface area contributed by atoms with Gasteiger partial charge in [-0.2, -0.15) is 0 Å². The summed E-state index contributed by atoms with van der Waals surface area (Å²) in [5.74, 6) is 0.165. The van der Waals surface area contributed by atoms with Crippen LogP contribution in [0.15, 0.2) is 22.7 Å². The van der Waals surface area contributed by atoms with Crippen molar-refractivity contribution in [2.24, 2.45) is 0 Å². The number of hydrogen-bond donors (Lipinski definition) is 2. The van der Waals surface area contributed by atoms with Gasteiger partial charge in [0.1, 0.15) is 5.75 Å². The number of halogens is 2. The van der Waals surface area contributed by atoms with Crippen LogP contribution in [0.25, 0.3) is 0 Å². The second kappa shape index (κ2) is 4.26. The van der Waals surface area contributed by atoms with E-state index in [1.807, 2.05) is 0 Å². The predicted molar refractivity (Wildman–Crippen MR) is 58.5 cm³/mol. The molecule has 0 fully saturated rings. The second-order valence-corrected chi connectivity index (χ2v) is 6.07. The molecule has 0 heterocycles. The molecule has 2 N–H and O–H groups in total. The number of hydrogen-bond acceptors (Lipinski definition) is 2. The van der Waals surface area contributed by atoms with E-state index in [1.165, 1.54) is 6.07 Å². The van der Waals surface area contributed by atoms with Gasteiger partial charge in [0.15, 0.2) is 0 Å². The van der Waals surface area contributed by atoms with Crippen LogP contribution in [-0.4, -0.2) is 9.79 Å². The van der Waals surface area contributed by atoms with Crippen molar-refractivity contribution in [3.05, 3.63) is 27.7 Å². The molecule has 0 saturated heterocycles. The number of benzene rings is 1. The van der Waals surface area contributed by atoms with Crippen molar-refractivity contribution in [2.75, 3.05) is 0 Å². The molecular formula is C6H5BrClO3PS. The highest BCUT2D eigenvalue weighted by Crippen LogP contribution is 2.41. The fourth-order valence-electron chi connectivity index (χ4n) is 0.677. The monoisotopic (exact) mass is 302 g/mol. The standard InChI is InChI=1S/C6H5BrClO3PS/c7-4-1-2-6(5(8)3-4)11-12(9,10)13/h1-3H,(H2,9,10,13). The summed E-state index contributed by atoms with van der Waals surface area (Å²) in [5, 5.41) is 0.270. The molecular weight excluding hydrogens is 298 g/mol. The number of rotatable bonds is 2. The van der Waals surface area contributed by atoms with Crippen molar-refractivity contribution in [3.8, 4) is 5.75 Å². The minimum Gasteiger partial charge on any atom is -0.423 e. The molecule has 0 bridgehead atoms. The molecule has 13 heavy (non-hydrogen) atoms. The summed E-state index contributed by atoms with van der Waals surface area (Å²) in [7, 11) is 0. The average molecular weight is 304 g/mol. The highest BCUT2D eigenvalue weighted by Gasteiger charge is 2.12. The van der Waals surface area contributed by atoms with Gasteiger partial charge in [0, 0.05) is 16.3 Å². The predicted octanol–water partition coefficient (Wildman–Crippen LogP) is 2.69. The van der Waals surface area contributed by atoms with Crippen LogP contribution < -0.4 is 4.52 Å². The lowest BCUT2D eigenvalue weighted by atomic mass is 10.3. The molecule has 0 amide bonds. The minimum absolute atomic E-state index is 0.165. The zero-order chi connectivity index (χ0) is 10.1. The smallest absolute Gasteiger partial charge is 0.375 e. The Hall–Kier alpha value is 0.360. The lowest BCUT2D eigenvalue weighted by Crippen LogP contribution is -1.90. The molecule has 72 valence electrons. The second-order valence-electron chi connectivity index (χ2n) is 2.16. The Balaban J connectivity index is 2.97. The van der Waals surface area contributed by atoms with Gasteiger partial charge in [-0.25, -0.2) is 0 Å². The molecule has 0 atom stereocenters. The summed E-state index contributed by atoms with van der Waals surface area (Å²) in [6.07, 6.45) is 0. The van der Waals surface area contributed by atoms with E-state index in [4.69, 9.17) is 21.4 Å². The first kappa shape index (κ1) is 11.4. The van der Waals surface area contributed by atoms with Crippen molar-refractivity contribution < 1.29 is 14.3 Å². The molecule has 0 aliphatic rings. The van der Waals surface area contributed by atoms with Crippen LogP contribution >= 0.6 is 34.2 Å². The lowest BCUT2D eigenvalue weighted by molar-refractivity contribution is 0.370. The third-order valence-corrected chi connectivity index (χ3v) is 2.56. The van der Waals surface area contributed by atoms with Gasteiger partial charge in [-0.1, -0.05) is 27.5 Å². The van der Waals surface area contributed by atoms with E-state index in [9.17, 15) is 0 Å². The van der Waals surface area contributed by atoms with Crippen LogP contribution in [0.5, 0.6) is 5.75 Å². The van der Waals surface area contributed by atoms with Crippen LogP contribution in [-0.2, 0) is 11.8 Å². The Labute approximate surface area is 93.7 Å². The molecule has 3 nitrogen and oxygen atoms in total. The van der Waals surface area contributed by atoms with Crippen LogP contribution in [0.2, 0.25) is 5.02 Å². The van der Waals surface area contributed by atoms with Gasteiger partial charge < -0.3 is 14.3 Å². The molecule has 0 aliphatic heterocycles. The summed E-state index contributed by atoms with van der Waals surface area (Å²) < 4.78 is 5.44. The molecule has 0 aromatic heterocycles. The van der Waals surface area contributed by atoms with Crippen molar-refractivity contribution in [1.82, 2.24) is 0 Å². The van der Waals surface area contributed by atoms with Gasteiger partial charge in [0.2, 0.25) is 0 Å². The van der Waals surface area contributed by atoms with E-state index in [0.717, 1.165) is 4.47 Å². The molecule has 0 spiro atoms. The topological polar surface area (TPSA) is 49.7 Å². The van der Waals surface area contributed by atoms with Crippen LogP contribution in [0.4, 0.5) is 0 Å². The summed E-state index contributed by atoms with van der Waals surface area (Å²) in [5.41, 5.74) is 0. The van der Waals surface area contributed by atoms with Gasteiger partial charge in [-0.05, 0) is 18.2 Å². The average Bonchev–Trinajstić information content (AvgIpc) is 1.93. The van der Waals surface area contributed by atoms with Gasteiger partial charge in [-0.3, -0.25) is 0 Å². The maximum Gasteiger partial charge on any atom is 0.375 e. The van der Waals surface area contributed by atoms with Crippen molar-refractivity contribution in [3.63, 3.8) is 0 Å². The fourth-order valence-corrected chi connectivity index (χ4v) is 2.10. The molecule has 1 rings (SSSR count).